The lowest BCUT2D eigenvalue weighted by Gasteiger charge is -2.51. The number of rotatable bonds is 4. The van der Waals surface area contributed by atoms with Gasteiger partial charge < -0.3 is 15.8 Å². The number of nitrogens with two attached hydrogens (primary N) is 1. The highest BCUT2D eigenvalue weighted by Gasteiger charge is 2.48. The minimum absolute atomic E-state index is 0.250. The third kappa shape index (κ3) is 1.39. The van der Waals surface area contributed by atoms with Crippen LogP contribution in [-0.4, -0.2) is 32.8 Å². The molecule has 3 nitrogen and oxygen atoms in total. The lowest BCUT2D eigenvalue weighted by atomic mass is 9.66. The first-order valence-electron chi connectivity index (χ1n) is 5.27. The third-order valence-electron chi connectivity index (χ3n) is 3.78. The summed E-state index contributed by atoms with van der Waals surface area (Å²) in [5.41, 5.74) is 6.09. The van der Waals surface area contributed by atoms with Crippen molar-refractivity contribution in [3.8, 4) is 0 Å². The number of hydrogen-bond acceptors (Lipinski definition) is 3. The van der Waals surface area contributed by atoms with E-state index in [4.69, 9.17) is 10.5 Å². The topological polar surface area (TPSA) is 47.3 Å². The van der Waals surface area contributed by atoms with E-state index < -0.39 is 0 Å². The van der Waals surface area contributed by atoms with Crippen LogP contribution in [0.15, 0.2) is 0 Å². The van der Waals surface area contributed by atoms with Crippen molar-refractivity contribution >= 4 is 0 Å². The van der Waals surface area contributed by atoms with Crippen molar-refractivity contribution in [2.24, 2.45) is 17.1 Å². The Morgan fingerprint density at radius 2 is 2.23 bits per heavy atom. The molecule has 0 amide bonds. The molecule has 0 aromatic heterocycles. The van der Waals surface area contributed by atoms with Crippen LogP contribution in [0.4, 0.5) is 0 Å². The van der Waals surface area contributed by atoms with Crippen molar-refractivity contribution in [1.29, 1.82) is 0 Å². The Morgan fingerprint density at radius 1 is 1.54 bits per heavy atom. The molecule has 0 aromatic rings. The van der Waals surface area contributed by atoms with Crippen LogP contribution in [0, 0.1) is 11.3 Å². The third-order valence-corrected chi connectivity index (χ3v) is 3.78. The quantitative estimate of drug-likeness (QED) is 0.663. The highest BCUT2D eigenvalue weighted by Crippen LogP contribution is 2.41. The largest absolute Gasteiger partial charge is 0.380 e. The van der Waals surface area contributed by atoms with Crippen LogP contribution < -0.4 is 11.1 Å². The number of hydrogen-bond donors (Lipinski definition) is 2. The number of ether oxygens (including phenoxy) is 1. The van der Waals surface area contributed by atoms with E-state index in [9.17, 15) is 0 Å². The normalized spacial score (nSPS) is 29.1. The Balaban J connectivity index is 2.00. The van der Waals surface area contributed by atoms with E-state index >= 15 is 0 Å². The fourth-order valence-corrected chi connectivity index (χ4v) is 2.60. The molecule has 2 fully saturated rings. The lowest BCUT2D eigenvalue weighted by molar-refractivity contribution is -0.140. The van der Waals surface area contributed by atoms with Gasteiger partial charge in [0.15, 0.2) is 0 Å². The highest BCUT2D eigenvalue weighted by atomic mass is 16.5. The molecule has 0 spiro atoms. The SMILES string of the molecule is CNC(C1CCC1)C1(CN)COC1. The van der Waals surface area contributed by atoms with E-state index in [0.29, 0.717) is 6.04 Å². The molecule has 0 aromatic carbocycles. The maximum atomic E-state index is 5.84. The summed E-state index contributed by atoms with van der Waals surface area (Å²) in [6, 6.07) is 0.583. The predicted octanol–water partition coefficient (Wildman–Crippen LogP) is 0.350. The molecule has 1 aliphatic carbocycles. The summed E-state index contributed by atoms with van der Waals surface area (Å²) in [5.74, 6) is 0.845. The van der Waals surface area contributed by atoms with Gasteiger partial charge in [0.2, 0.25) is 0 Å². The maximum absolute atomic E-state index is 5.84. The second-order valence-corrected chi connectivity index (χ2v) is 4.52. The number of nitrogens with one attached hydrogen (secondary N) is 1. The summed E-state index contributed by atoms with van der Waals surface area (Å²) in [6.07, 6.45) is 4.13. The summed E-state index contributed by atoms with van der Waals surface area (Å²) in [4.78, 5) is 0. The van der Waals surface area contributed by atoms with E-state index in [1.165, 1.54) is 19.3 Å². The van der Waals surface area contributed by atoms with Crippen LogP contribution in [0.3, 0.4) is 0 Å². The van der Waals surface area contributed by atoms with E-state index in [-0.39, 0.29) is 5.41 Å². The summed E-state index contributed by atoms with van der Waals surface area (Å²) >= 11 is 0. The average Bonchev–Trinajstić information content (AvgIpc) is 1.98. The Labute approximate surface area is 80.0 Å². The van der Waals surface area contributed by atoms with Gasteiger partial charge in [-0.2, -0.15) is 0 Å². The van der Waals surface area contributed by atoms with Crippen molar-refractivity contribution in [2.45, 2.75) is 25.3 Å². The zero-order valence-corrected chi connectivity index (χ0v) is 8.38. The molecule has 1 heterocycles. The predicted molar refractivity (Wildman–Crippen MR) is 52.5 cm³/mol. The fourth-order valence-electron chi connectivity index (χ4n) is 2.60. The van der Waals surface area contributed by atoms with Gasteiger partial charge in [-0.25, -0.2) is 0 Å². The molecule has 76 valence electrons. The first kappa shape index (κ1) is 9.44. The minimum Gasteiger partial charge on any atom is -0.380 e. The molecule has 1 aliphatic heterocycles. The van der Waals surface area contributed by atoms with Crippen LogP contribution in [0.5, 0.6) is 0 Å². The standard InChI is InChI=1S/C10H20N2O/c1-12-9(8-3-2-4-8)10(5-11)6-13-7-10/h8-9,12H,2-7,11H2,1H3. The summed E-state index contributed by atoms with van der Waals surface area (Å²) in [7, 11) is 2.05. The van der Waals surface area contributed by atoms with E-state index in [0.717, 1.165) is 25.7 Å². The highest BCUT2D eigenvalue weighted by molar-refractivity contribution is 5.01. The van der Waals surface area contributed by atoms with Crippen LogP contribution in [0.2, 0.25) is 0 Å². The smallest absolute Gasteiger partial charge is 0.0572 e. The summed E-state index contributed by atoms with van der Waals surface area (Å²) < 4.78 is 5.31. The maximum Gasteiger partial charge on any atom is 0.0572 e. The van der Waals surface area contributed by atoms with E-state index in [2.05, 4.69) is 12.4 Å². The Kier molecular flexibility index (Phi) is 2.58. The van der Waals surface area contributed by atoms with Crippen LogP contribution in [0.25, 0.3) is 0 Å². The first-order chi connectivity index (χ1) is 6.32. The fraction of sp³-hybridized carbons (Fsp3) is 1.00. The molecular weight excluding hydrogens is 164 g/mol. The van der Waals surface area contributed by atoms with Gasteiger partial charge in [-0.15, -0.1) is 0 Å². The molecule has 0 bridgehead atoms. The molecule has 3 N–H and O–H groups in total. The molecule has 13 heavy (non-hydrogen) atoms. The van der Waals surface area contributed by atoms with E-state index in [1.54, 1.807) is 0 Å². The van der Waals surface area contributed by atoms with E-state index in [1.807, 2.05) is 0 Å². The molecule has 0 radical (unpaired) electrons. The van der Waals surface area contributed by atoms with Gasteiger partial charge in [0.25, 0.3) is 0 Å². The van der Waals surface area contributed by atoms with Gasteiger partial charge in [-0.1, -0.05) is 6.42 Å². The van der Waals surface area contributed by atoms with Crippen molar-refractivity contribution in [1.82, 2.24) is 5.32 Å². The molecule has 1 saturated carbocycles. The molecule has 2 rings (SSSR count). The molecule has 1 saturated heterocycles. The second kappa shape index (κ2) is 3.56. The van der Waals surface area contributed by atoms with Crippen LogP contribution in [0.1, 0.15) is 19.3 Å². The first-order valence-corrected chi connectivity index (χ1v) is 5.27. The van der Waals surface area contributed by atoms with Crippen molar-refractivity contribution in [2.75, 3.05) is 26.8 Å². The molecular formula is C10H20N2O. The van der Waals surface area contributed by atoms with Crippen LogP contribution >= 0.6 is 0 Å². The van der Waals surface area contributed by atoms with Crippen molar-refractivity contribution in [3.63, 3.8) is 0 Å². The van der Waals surface area contributed by atoms with Crippen molar-refractivity contribution < 1.29 is 4.74 Å². The molecule has 1 unspecified atom stereocenters. The summed E-state index contributed by atoms with van der Waals surface area (Å²) in [6.45, 7) is 2.46. The second-order valence-electron chi connectivity index (χ2n) is 4.52. The van der Waals surface area contributed by atoms with Gasteiger partial charge in [0.1, 0.15) is 0 Å². The molecule has 2 aliphatic rings. The summed E-state index contributed by atoms with van der Waals surface area (Å²) in [5, 5.41) is 3.44. The zero-order valence-electron chi connectivity index (χ0n) is 8.38. The minimum atomic E-state index is 0.250. The zero-order chi connectivity index (χ0) is 9.31. The Bertz CT molecular complexity index is 170. The lowest BCUT2D eigenvalue weighted by Crippen LogP contribution is -2.63. The molecule has 1 atom stereocenters. The van der Waals surface area contributed by atoms with Gasteiger partial charge in [0, 0.05) is 18.0 Å². The monoisotopic (exact) mass is 184 g/mol. The van der Waals surface area contributed by atoms with Crippen molar-refractivity contribution in [3.05, 3.63) is 0 Å². The van der Waals surface area contributed by atoms with Gasteiger partial charge in [-0.3, -0.25) is 0 Å². The molecule has 3 heteroatoms. The van der Waals surface area contributed by atoms with Gasteiger partial charge >= 0.3 is 0 Å². The Hall–Kier alpha value is -0.120. The Morgan fingerprint density at radius 3 is 2.46 bits per heavy atom. The average molecular weight is 184 g/mol. The van der Waals surface area contributed by atoms with Crippen LogP contribution in [-0.2, 0) is 4.74 Å². The van der Waals surface area contributed by atoms with Gasteiger partial charge in [0.05, 0.1) is 13.2 Å². The van der Waals surface area contributed by atoms with Gasteiger partial charge in [-0.05, 0) is 25.8 Å².